The highest BCUT2D eigenvalue weighted by atomic mass is 16.3. The van der Waals surface area contributed by atoms with Crippen LogP contribution in [0.15, 0.2) is 114 Å². The van der Waals surface area contributed by atoms with Crippen molar-refractivity contribution in [2.24, 2.45) is 0 Å². The van der Waals surface area contributed by atoms with Crippen LogP contribution in [0.25, 0.3) is 22.1 Å². The van der Waals surface area contributed by atoms with E-state index in [1.54, 1.807) is 0 Å². The average molecular weight is 813 g/mol. The quantitative estimate of drug-likeness (QED) is 0.162. The van der Waals surface area contributed by atoms with Crippen LogP contribution in [0.4, 0.5) is 34.1 Å². The molecule has 6 aromatic carbocycles. The van der Waals surface area contributed by atoms with Crippen LogP contribution in [0.2, 0.25) is 0 Å². The average Bonchev–Trinajstić information content (AvgIpc) is 3.70. The lowest BCUT2D eigenvalue weighted by molar-refractivity contribution is 0.332. The van der Waals surface area contributed by atoms with Gasteiger partial charge in [0, 0.05) is 39.1 Å². The van der Waals surface area contributed by atoms with Gasteiger partial charge in [-0.2, -0.15) is 0 Å². The van der Waals surface area contributed by atoms with E-state index in [0.29, 0.717) is 0 Å². The first-order chi connectivity index (χ1) is 29.2. The lowest BCUT2D eigenvalue weighted by Gasteiger charge is -2.44. The van der Waals surface area contributed by atoms with Crippen molar-refractivity contribution in [2.45, 2.75) is 130 Å². The molecule has 0 amide bonds. The predicted octanol–water partition coefficient (Wildman–Crippen LogP) is 14.1. The second-order valence-electron chi connectivity index (χ2n) is 23.0. The highest BCUT2D eigenvalue weighted by Crippen LogP contribution is 2.56. The molecule has 0 N–H and O–H groups in total. The van der Waals surface area contributed by atoms with E-state index in [1.165, 1.54) is 94.8 Å². The summed E-state index contributed by atoms with van der Waals surface area (Å²) >= 11 is 0. The van der Waals surface area contributed by atoms with E-state index in [2.05, 4.69) is 209 Å². The maximum Gasteiger partial charge on any atom is 0.297 e. The topological polar surface area (TPSA) is 19.6 Å². The Bertz CT molecular complexity index is 3040. The minimum atomic E-state index is -0.118. The number of fused-ring (bicyclic) bond motifs is 10. The maximum absolute atomic E-state index is 7.54. The van der Waals surface area contributed by atoms with Gasteiger partial charge in [0.25, 0.3) is 6.71 Å². The van der Waals surface area contributed by atoms with Gasteiger partial charge in [-0.25, -0.2) is 0 Å². The van der Waals surface area contributed by atoms with Crippen LogP contribution in [0.3, 0.4) is 0 Å². The molecule has 0 spiro atoms. The Kier molecular flexibility index (Phi) is 7.99. The Morgan fingerprint density at radius 2 is 1.18 bits per heavy atom. The normalized spacial score (nSPS) is 17.6. The van der Waals surface area contributed by atoms with Gasteiger partial charge in [-0.15, -0.1) is 0 Å². The molecule has 2 aliphatic heterocycles. The fourth-order valence-corrected chi connectivity index (χ4v) is 11.7. The van der Waals surface area contributed by atoms with Crippen molar-refractivity contribution in [3.05, 3.63) is 148 Å². The van der Waals surface area contributed by atoms with Gasteiger partial charge >= 0.3 is 0 Å². The lowest BCUT2D eigenvalue weighted by atomic mass is 9.35. The molecule has 2 aliphatic carbocycles. The van der Waals surface area contributed by atoms with E-state index < -0.39 is 0 Å². The summed E-state index contributed by atoms with van der Waals surface area (Å²) < 4.78 is 7.54. The number of hydrogen-bond acceptors (Lipinski definition) is 3. The van der Waals surface area contributed by atoms with Crippen LogP contribution in [-0.2, 0) is 27.1 Å². The largest absolute Gasteiger partial charge is 0.468 e. The van der Waals surface area contributed by atoms with Crippen LogP contribution < -0.4 is 26.4 Å². The molecule has 0 saturated heterocycles. The molecule has 1 aromatic heterocycles. The number of aryl methyl sites for hydroxylation is 1. The molecular formula is C58H61BN2O. The van der Waals surface area contributed by atoms with Crippen molar-refractivity contribution < 1.29 is 4.42 Å². The molecule has 0 bridgehead atoms. The molecule has 0 atom stereocenters. The number of hydrogen-bond donors (Lipinski definition) is 0. The summed E-state index contributed by atoms with van der Waals surface area (Å²) in [5.41, 5.74) is 24.0. The Morgan fingerprint density at radius 1 is 0.565 bits per heavy atom. The van der Waals surface area contributed by atoms with E-state index in [4.69, 9.17) is 4.42 Å². The lowest BCUT2D eigenvalue weighted by Crippen LogP contribution is -2.61. The fraction of sp³-hybridized carbons (Fsp3) is 0.345. The molecule has 4 aliphatic rings. The van der Waals surface area contributed by atoms with Gasteiger partial charge < -0.3 is 14.2 Å². The van der Waals surface area contributed by atoms with Crippen molar-refractivity contribution >= 4 is 68.4 Å². The standard InChI is InChI=1S/C58H61BN2O/c1-34-29-47-51-48(30-34)61(46-20-16-19-41-50(46)38-17-14-15-18-40(38)58(41,12)13)45-26-23-36(55(5,6)7)31-44(45)59(51)53-52(60(47)37-24-21-35(22-25-37)54(2,3)4)39-32-42-43(33-49(39)62-53)57(10,11)28-27-56(42,8)9/h14-26,29-33H,27-28H2,1-13H3. The first-order valence-corrected chi connectivity index (χ1v) is 23.0. The summed E-state index contributed by atoms with van der Waals surface area (Å²) in [6.45, 7) is 30.6. The van der Waals surface area contributed by atoms with Crippen molar-refractivity contribution in [1.82, 2.24) is 0 Å². The molecule has 0 unspecified atom stereocenters. The Hall–Kier alpha value is -5.48. The zero-order chi connectivity index (χ0) is 43.6. The molecule has 0 radical (unpaired) electrons. The maximum atomic E-state index is 7.54. The third-order valence-electron chi connectivity index (χ3n) is 15.5. The van der Waals surface area contributed by atoms with E-state index in [1.807, 2.05) is 0 Å². The van der Waals surface area contributed by atoms with Gasteiger partial charge in [-0.3, -0.25) is 0 Å². The molecule has 0 saturated carbocycles. The fourth-order valence-electron chi connectivity index (χ4n) is 11.7. The van der Waals surface area contributed by atoms with Gasteiger partial charge in [0.2, 0.25) is 0 Å². The highest BCUT2D eigenvalue weighted by Gasteiger charge is 2.49. The summed E-state index contributed by atoms with van der Waals surface area (Å²) in [5, 5.41) is 1.20. The van der Waals surface area contributed by atoms with Gasteiger partial charge in [0.15, 0.2) is 0 Å². The summed E-state index contributed by atoms with van der Waals surface area (Å²) in [7, 11) is 0. The second kappa shape index (κ2) is 12.6. The van der Waals surface area contributed by atoms with Crippen LogP contribution in [0, 0.1) is 6.92 Å². The molecule has 0 fully saturated rings. The number of benzene rings is 6. The first kappa shape index (κ1) is 39.4. The molecule has 3 heterocycles. The number of nitrogens with zero attached hydrogens (tertiary/aromatic N) is 2. The van der Waals surface area contributed by atoms with Crippen LogP contribution in [-0.4, -0.2) is 6.71 Å². The molecule has 62 heavy (non-hydrogen) atoms. The van der Waals surface area contributed by atoms with Crippen molar-refractivity contribution in [3.8, 4) is 11.1 Å². The zero-order valence-electron chi connectivity index (χ0n) is 39.2. The summed E-state index contributed by atoms with van der Waals surface area (Å²) in [6, 6.07) is 42.6. The third-order valence-corrected chi connectivity index (χ3v) is 15.5. The van der Waals surface area contributed by atoms with E-state index in [9.17, 15) is 0 Å². The summed E-state index contributed by atoms with van der Waals surface area (Å²) in [6.07, 6.45) is 2.32. The van der Waals surface area contributed by atoms with E-state index in [-0.39, 0.29) is 33.8 Å². The minimum absolute atomic E-state index is 0.0388. The van der Waals surface area contributed by atoms with Crippen LogP contribution in [0.1, 0.15) is 135 Å². The van der Waals surface area contributed by atoms with Gasteiger partial charge in [0.1, 0.15) is 5.58 Å². The SMILES string of the molecule is Cc1cc2c3c(c1)N(c1ccc(C(C)(C)C)cc1)c1c(oc4cc5c(cc14)C(C)(C)CCC5(C)C)B3c1cc(C(C)(C)C)ccc1N2c1cccc2c1-c1ccccc1C2(C)C. The van der Waals surface area contributed by atoms with Crippen molar-refractivity contribution in [3.63, 3.8) is 0 Å². The smallest absolute Gasteiger partial charge is 0.297 e. The molecule has 7 aromatic rings. The zero-order valence-corrected chi connectivity index (χ0v) is 39.2. The Balaban J connectivity index is 1.27. The summed E-state index contributed by atoms with van der Waals surface area (Å²) in [4.78, 5) is 5.17. The molecule has 11 rings (SSSR count). The van der Waals surface area contributed by atoms with E-state index >= 15 is 0 Å². The van der Waals surface area contributed by atoms with Crippen LogP contribution >= 0.6 is 0 Å². The molecule has 3 nitrogen and oxygen atoms in total. The van der Waals surface area contributed by atoms with Crippen LogP contribution in [0.5, 0.6) is 0 Å². The Labute approximate surface area is 370 Å². The Morgan fingerprint density at radius 3 is 1.85 bits per heavy atom. The van der Waals surface area contributed by atoms with E-state index in [0.717, 1.165) is 29.8 Å². The second-order valence-corrected chi connectivity index (χ2v) is 23.0. The predicted molar refractivity (Wildman–Crippen MR) is 265 cm³/mol. The van der Waals surface area contributed by atoms with Gasteiger partial charge in [-0.1, -0.05) is 144 Å². The number of anilines is 6. The third kappa shape index (κ3) is 5.44. The van der Waals surface area contributed by atoms with Crippen molar-refractivity contribution in [1.29, 1.82) is 0 Å². The summed E-state index contributed by atoms with van der Waals surface area (Å²) in [5.74, 6) is 0. The number of furan rings is 1. The first-order valence-electron chi connectivity index (χ1n) is 23.0. The monoisotopic (exact) mass is 812 g/mol. The molecule has 4 heteroatoms. The number of rotatable bonds is 2. The highest BCUT2D eigenvalue weighted by molar-refractivity contribution is 7.00. The van der Waals surface area contributed by atoms with Gasteiger partial charge in [0.05, 0.1) is 17.0 Å². The molecule has 312 valence electrons. The van der Waals surface area contributed by atoms with Crippen molar-refractivity contribution in [2.75, 3.05) is 9.80 Å². The van der Waals surface area contributed by atoms with Gasteiger partial charge in [-0.05, 0) is 145 Å². The minimum Gasteiger partial charge on any atom is -0.468 e. The molecular weight excluding hydrogens is 751 g/mol.